The van der Waals surface area contributed by atoms with E-state index in [2.05, 4.69) is 41.1 Å². The number of pyridine rings is 1. The van der Waals surface area contributed by atoms with Crippen LogP contribution >= 0.6 is 0 Å². The van der Waals surface area contributed by atoms with Gasteiger partial charge in [-0.3, -0.25) is 9.69 Å². The lowest BCUT2D eigenvalue weighted by molar-refractivity contribution is -0.136. The number of rotatable bonds is 4. The molecule has 2 aromatic rings. The summed E-state index contributed by atoms with van der Waals surface area (Å²) in [4.78, 5) is 20.5. The van der Waals surface area contributed by atoms with Gasteiger partial charge in [0, 0.05) is 37.9 Å². The second-order valence-electron chi connectivity index (χ2n) is 6.06. The molecule has 23 heavy (non-hydrogen) atoms. The Kier molecular flexibility index (Phi) is 4.57. The topological polar surface area (TPSA) is 62.5 Å². The molecule has 5 nitrogen and oxygen atoms in total. The fourth-order valence-electron chi connectivity index (χ4n) is 2.80. The molecule has 0 unspecified atom stereocenters. The van der Waals surface area contributed by atoms with E-state index in [1.54, 1.807) is 6.20 Å². The van der Waals surface area contributed by atoms with Crippen molar-refractivity contribution >= 4 is 11.7 Å². The number of aromatic nitrogens is 1. The van der Waals surface area contributed by atoms with Crippen molar-refractivity contribution in [3.05, 3.63) is 59.3 Å². The molecule has 1 fully saturated rings. The van der Waals surface area contributed by atoms with Crippen LogP contribution in [0.1, 0.15) is 16.7 Å². The first-order chi connectivity index (χ1) is 11.1. The molecule has 1 saturated heterocycles. The maximum atomic E-state index is 12.4. The molecule has 0 aliphatic carbocycles. The average Bonchev–Trinajstić information content (AvgIpc) is 2.54. The van der Waals surface area contributed by atoms with Crippen LogP contribution in [0.5, 0.6) is 0 Å². The number of nitrogen functional groups attached to an aromatic ring is 1. The van der Waals surface area contributed by atoms with Gasteiger partial charge in [0.15, 0.2) is 0 Å². The number of carbonyl (C=O) groups is 1. The average molecular weight is 310 g/mol. The van der Waals surface area contributed by atoms with Gasteiger partial charge in [0.05, 0.1) is 6.54 Å². The molecule has 1 aliphatic rings. The maximum absolute atomic E-state index is 12.4. The molecule has 5 heteroatoms. The smallest absolute Gasteiger partial charge is 0.237 e. The molecule has 3 rings (SSSR count). The Morgan fingerprint density at radius 1 is 1.13 bits per heavy atom. The van der Waals surface area contributed by atoms with Crippen LogP contribution in [0.25, 0.3) is 0 Å². The summed E-state index contributed by atoms with van der Waals surface area (Å²) in [6.45, 7) is 5.45. The minimum absolute atomic E-state index is 0.166. The van der Waals surface area contributed by atoms with E-state index in [-0.39, 0.29) is 5.91 Å². The van der Waals surface area contributed by atoms with Crippen LogP contribution in [-0.2, 0) is 17.9 Å². The third-order valence-electron chi connectivity index (χ3n) is 4.21. The molecule has 0 bridgehead atoms. The molecule has 1 aliphatic heterocycles. The summed E-state index contributed by atoms with van der Waals surface area (Å²) in [5.74, 6) is 0.710. The molecule has 1 amide bonds. The SMILES string of the molecule is Cc1ccc(CN2CCN(Cc3cccnc3N)CC2=O)cc1. The number of nitrogens with zero attached hydrogens (tertiary/aromatic N) is 3. The Morgan fingerprint density at radius 2 is 1.91 bits per heavy atom. The second-order valence-corrected chi connectivity index (χ2v) is 6.06. The number of benzene rings is 1. The van der Waals surface area contributed by atoms with E-state index in [1.807, 2.05) is 17.0 Å². The first-order valence-electron chi connectivity index (χ1n) is 7.87. The summed E-state index contributed by atoms with van der Waals surface area (Å²) < 4.78 is 0. The summed E-state index contributed by atoms with van der Waals surface area (Å²) in [6.07, 6.45) is 1.68. The van der Waals surface area contributed by atoms with Gasteiger partial charge in [-0.25, -0.2) is 4.98 Å². The Bertz CT molecular complexity index is 684. The third-order valence-corrected chi connectivity index (χ3v) is 4.21. The highest BCUT2D eigenvalue weighted by Gasteiger charge is 2.24. The Hall–Kier alpha value is -2.40. The van der Waals surface area contributed by atoms with Gasteiger partial charge in [0.25, 0.3) is 0 Å². The van der Waals surface area contributed by atoms with Gasteiger partial charge in [-0.2, -0.15) is 0 Å². The van der Waals surface area contributed by atoms with Crippen LogP contribution in [0.15, 0.2) is 42.6 Å². The van der Waals surface area contributed by atoms with Gasteiger partial charge >= 0.3 is 0 Å². The van der Waals surface area contributed by atoms with Crippen molar-refractivity contribution in [3.8, 4) is 0 Å². The van der Waals surface area contributed by atoms with Crippen LogP contribution in [0, 0.1) is 6.92 Å². The zero-order valence-electron chi connectivity index (χ0n) is 13.4. The predicted octanol–water partition coefficient (Wildman–Crippen LogP) is 1.82. The number of aryl methyl sites for hydroxylation is 1. The number of piperazine rings is 1. The molecule has 1 aromatic carbocycles. The normalized spacial score (nSPS) is 15.9. The van der Waals surface area contributed by atoms with Gasteiger partial charge in [-0.1, -0.05) is 35.9 Å². The van der Waals surface area contributed by atoms with Crippen LogP contribution < -0.4 is 5.73 Å². The van der Waals surface area contributed by atoms with Crippen molar-refractivity contribution in [1.29, 1.82) is 0 Å². The number of nitrogens with two attached hydrogens (primary N) is 1. The van der Waals surface area contributed by atoms with E-state index >= 15 is 0 Å². The lowest BCUT2D eigenvalue weighted by Gasteiger charge is -2.34. The van der Waals surface area contributed by atoms with Crippen LogP contribution in [-0.4, -0.2) is 40.3 Å². The lowest BCUT2D eigenvalue weighted by Crippen LogP contribution is -2.49. The largest absolute Gasteiger partial charge is 0.383 e. The van der Waals surface area contributed by atoms with E-state index in [0.29, 0.717) is 25.5 Å². The summed E-state index contributed by atoms with van der Waals surface area (Å²) in [6, 6.07) is 12.2. The van der Waals surface area contributed by atoms with Crippen molar-refractivity contribution < 1.29 is 4.79 Å². The zero-order valence-corrected chi connectivity index (χ0v) is 13.4. The molecule has 0 spiro atoms. The number of hydrogen-bond donors (Lipinski definition) is 1. The van der Waals surface area contributed by atoms with Crippen molar-refractivity contribution in [2.45, 2.75) is 20.0 Å². The Balaban J connectivity index is 1.58. The van der Waals surface area contributed by atoms with Gasteiger partial charge in [-0.05, 0) is 18.6 Å². The lowest BCUT2D eigenvalue weighted by atomic mass is 10.1. The number of hydrogen-bond acceptors (Lipinski definition) is 4. The molecule has 2 heterocycles. The predicted molar refractivity (Wildman–Crippen MR) is 90.5 cm³/mol. The maximum Gasteiger partial charge on any atom is 0.237 e. The first kappa shape index (κ1) is 15.5. The standard InChI is InChI=1S/C18H22N4O/c1-14-4-6-15(7-5-14)11-22-10-9-21(13-17(22)23)12-16-3-2-8-20-18(16)19/h2-8H,9-13H2,1H3,(H2,19,20). The van der Waals surface area contributed by atoms with Crippen LogP contribution in [0.4, 0.5) is 5.82 Å². The minimum Gasteiger partial charge on any atom is -0.383 e. The highest BCUT2D eigenvalue weighted by Crippen LogP contribution is 2.15. The van der Waals surface area contributed by atoms with Crippen LogP contribution in [0.2, 0.25) is 0 Å². The molecular weight excluding hydrogens is 288 g/mol. The van der Waals surface area contributed by atoms with E-state index in [0.717, 1.165) is 18.7 Å². The molecule has 1 aromatic heterocycles. The van der Waals surface area contributed by atoms with Gasteiger partial charge < -0.3 is 10.6 Å². The summed E-state index contributed by atoms with van der Waals surface area (Å²) in [5, 5.41) is 0. The minimum atomic E-state index is 0.166. The highest BCUT2D eigenvalue weighted by molar-refractivity contribution is 5.79. The molecule has 0 radical (unpaired) electrons. The number of amides is 1. The van der Waals surface area contributed by atoms with Gasteiger partial charge in [0.1, 0.15) is 5.82 Å². The van der Waals surface area contributed by atoms with E-state index in [9.17, 15) is 4.79 Å². The quantitative estimate of drug-likeness (QED) is 0.935. The molecule has 120 valence electrons. The first-order valence-corrected chi connectivity index (χ1v) is 7.87. The Morgan fingerprint density at radius 3 is 2.61 bits per heavy atom. The van der Waals surface area contributed by atoms with Crippen molar-refractivity contribution in [1.82, 2.24) is 14.8 Å². The molecule has 0 atom stereocenters. The zero-order chi connectivity index (χ0) is 16.2. The fraction of sp³-hybridized carbons (Fsp3) is 0.333. The van der Waals surface area contributed by atoms with E-state index in [4.69, 9.17) is 5.73 Å². The van der Waals surface area contributed by atoms with Crippen molar-refractivity contribution in [2.24, 2.45) is 0 Å². The number of anilines is 1. The number of carbonyl (C=O) groups excluding carboxylic acids is 1. The summed E-state index contributed by atoms with van der Waals surface area (Å²) in [5.41, 5.74) is 9.27. The third kappa shape index (κ3) is 3.87. The molecular formula is C18H22N4O. The molecule has 0 saturated carbocycles. The van der Waals surface area contributed by atoms with Crippen molar-refractivity contribution in [3.63, 3.8) is 0 Å². The second kappa shape index (κ2) is 6.79. The van der Waals surface area contributed by atoms with Crippen LogP contribution in [0.3, 0.4) is 0 Å². The highest BCUT2D eigenvalue weighted by atomic mass is 16.2. The molecule has 2 N–H and O–H groups in total. The summed E-state index contributed by atoms with van der Waals surface area (Å²) in [7, 11) is 0. The fourth-order valence-corrected chi connectivity index (χ4v) is 2.80. The summed E-state index contributed by atoms with van der Waals surface area (Å²) >= 11 is 0. The van der Waals surface area contributed by atoms with Gasteiger partial charge in [-0.15, -0.1) is 0 Å². The van der Waals surface area contributed by atoms with E-state index in [1.165, 1.54) is 11.1 Å². The monoisotopic (exact) mass is 310 g/mol. The van der Waals surface area contributed by atoms with Gasteiger partial charge in [0.2, 0.25) is 5.91 Å². The van der Waals surface area contributed by atoms with Crippen molar-refractivity contribution in [2.75, 3.05) is 25.4 Å². The van der Waals surface area contributed by atoms with E-state index < -0.39 is 0 Å². The Labute approximate surface area is 136 Å².